The fourth-order valence-corrected chi connectivity index (χ4v) is 5.85. The molecule has 3 heteroatoms. The summed E-state index contributed by atoms with van der Waals surface area (Å²) in [5.74, 6) is 0. The third-order valence-corrected chi connectivity index (χ3v) is 7.05. The molecular weight excluding hydrogens is 224 g/mol. The molecule has 0 N–H and O–H groups in total. The standard InChI is InChI=1S/C12H17ClOSi/c13-10-15(11-6-2-1-3-7-11)12-8-4-5-9-14-12/h1-3,6-7,12,15H,4-5,8-10H2. The van der Waals surface area contributed by atoms with E-state index in [1.54, 1.807) is 0 Å². The Balaban J connectivity index is 2.09. The van der Waals surface area contributed by atoms with Gasteiger partial charge in [-0.05, 0) is 19.3 Å². The van der Waals surface area contributed by atoms with Gasteiger partial charge in [0, 0.05) is 12.1 Å². The summed E-state index contributed by atoms with van der Waals surface area (Å²) in [5, 5.41) is 1.44. The van der Waals surface area contributed by atoms with Gasteiger partial charge < -0.3 is 4.74 Å². The van der Waals surface area contributed by atoms with Gasteiger partial charge in [-0.1, -0.05) is 35.5 Å². The summed E-state index contributed by atoms with van der Waals surface area (Å²) in [6, 6.07) is 10.7. The second-order valence-electron chi connectivity index (χ2n) is 4.08. The van der Waals surface area contributed by atoms with Crippen LogP contribution in [0.2, 0.25) is 0 Å². The average Bonchev–Trinajstić information content (AvgIpc) is 2.33. The molecule has 1 nitrogen and oxygen atoms in total. The van der Waals surface area contributed by atoms with E-state index in [2.05, 4.69) is 30.3 Å². The van der Waals surface area contributed by atoms with Crippen LogP contribution < -0.4 is 5.19 Å². The molecule has 1 heterocycles. The Hall–Kier alpha value is -0.313. The van der Waals surface area contributed by atoms with E-state index >= 15 is 0 Å². The molecule has 1 fully saturated rings. The number of hydrogen-bond donors (Lipinski definition) is 0. The molecule has 0 radical (unpaired) electrons. The van der Waals surface area contributed by atoms with Gasteiger partial charge in [-0.2, -0.15) is 0 Å². The second-order valence-corrected chi connectivity index (χ2v) is 7.93. The molecule has 0 amide bonds. The first-order valence-electron chi connectivity index (χ1n) is 5.64. The largest absolute Gasteiger partial charge is 0.381 e. The Morgan fingerprint density at radius 2 is 2.07 bits per heavy atom. The Labute approximate surface area is 98.0 Å². The predicted molar refractivity (Wildman–Crippen MR) is 67.5 cm³/mol. The van der Waals surface area contributed by atoms with Crippen molar-refractivity contribution in [3.63, 3.8) is 0 Å². The van der Waals surface area contributed by atoms with Crippen LogP contribution in [0, 0.1) is 0 Å². The van der Waals surface area contributed by atoms with Crippen LogP contribution >= 0.6 is 11.6 Å². The third-order valence-electron chi connectivity index (χ3n) is 3.06. The van der Waals surface area contributed by atoms with Crippen LogP contribution in [0.4, 0.5) is 0 Å². The van der Waals surface area contributed by atoms with E-state index < -0.39 is 8.80 Å². The quantitative estimate of drug-likeness (QED) is 0.580. The fraction of sp³-hybridized carbons (Fsp3) is 0.500. The van der Waals surface area contributed by atoms with E-state index in [0.717, 1.165) is 12.1 Å². The van der Waals surface area contributed by atoms with E-state index in [0.29, 0.717) is 5.73 Å². The zero-order valence-electron chi connectivity index (χ0n) is 8.86. The maximum Gasteiger partial charge on any atom is 0.119 e. The number of benzene rings is 1. The van der Waals surface area contributed by atoms with Crippen molar-refractivity contribution in [3.8, 4) is 0 Å². The van der Waals surface area contributed by atoms with Crippen LogP contribution in [0.3, 0.4) is 0 Å². The maximum absolute atomic E-state index is 6.12. The summed E-state index contributed by atoms with van der Waals surface area (Å²) in [7, 11) is -1.11. The summed E-state index contributed by atoms with van der Waals surface area (Å²) in [6.07, 6.45) is 3.73. The van der Waals surface area contributed by atoms with E-state index in [4.69, 9.17) is 16.3 Å². The molecule has 0 aromatic heterocycles. The molecular formula is C12H17ClOSi. The van der Waals surface area contributed by atoms with Gasteiger partial charge >= 0.3 is 0 Å². The van der Waals surface area contributed by atoms with Crippen LogP contribution in [0.25, 0.3) is 0 Å². The minimum Gasteiger partial charge on any atom is -0.381 e. The van der Waals surface area contributed by atoms with Crippen molar-refractivity contribution in [2.75, 3.05) is 12.1 Å². The zero-order valence-corrected chi connectivity index (χ0v) is 10.8. The van der Waals surface area contributed by atoms with Crippen molar-refractivity contribution in [3.05, 3.63) is 30.3 Å². The number of ether oxygens (including phenoxy) is 1. The Morgan fingerprint density at radius 1 is 1.27 bits per heavy atom. The highest BCUT2D eigenvalue weighted by Crippen LogP contribution is 2.16. The first kappa shape index (κ1) is 11.2. The van der Waals surface area contributed by atoms with Crippen LogP contribution in [-0.2, 0) is 4.74 Å². The molecule has 2 unspecified atom stereocenters. The fourth-order valence-electron chi connectivity index (χ4n) is 2.19. The van der Waals surface area contributed by atoms with Gasteiger partial charge in [-0.3, -0.25) is 0 Å². The molecule has 0 saturated carbocycles. The van der Waals surface area contributed by atoms with Gasteiger partial charge in [0.2, 0.25) is 0 Å². The highest BCUT2D eigenvalue weighted by Gasteiger charge is 2.26. The highest BCUT2D eigenvalue weighted by atomic mass is 35.5. The second kappa shape index (κ2) is 5.68. The number of halogens is 1. The summed E-state index contributed by atoms with van der Waals surface area (Å²) in [6.45, 7) is 0.928. The molecule has 15 heavy (non-hydrogen) atoms. The maximum atomic E-state index is 6.12. The monoisotopic (exact) mass is 240 g/mol. The molecule has 1 aromatic rings. The molecule has 0 bridgehead atoms. The summed E-state index contributed by atoms with van der Waals surface area (Å²) in [5.41, 5.74) is 1.24. The van der Waals surface area contributed by atoms with Crippen molar-refractivity contribution >= 4 is 25.6 Å². The van der Waals surface area contributed by atoms with Gasteiger partial charge in [0.05, 0.1) is 5.73 Å². The van der Waals surface area contributed by atoms with Crippen molar-refractivity contribution in [2.24, 2.45) is 0 Å². The summed E-state index contributed by atoms with van der Waals surface area (Å²) < 4.78 is 5.86. The highest BCUT2D eigenvalue weighted by molar-refractivity contribution is 6.80. The van der Waals surface area contributed by atoms with Gasteiger partial charge in [0.15, 0.2) is 0 Å². The van der Waals surface area contributed by atoms with Crippen molar-refractivity contribution in [1.29, 1.82) is 0 Å². The zero-order chi connectivity index (χ0) is 10.5. The van der Waals surface area contributed by atoms with E-state index in [1.807, 2.05) is 0 Å². The predicted octanol–water partition coefficient (Wildman–Crippen LogP) is 2.01. The lowest BCUT2D eigenvalue weighted by Gasteiger charge is -2.28. The number of rotatable bonds is 3. The molecule has 0 spiro atoms. The molecule has 1 aromatic carbocycles. The molecule has 1 aliphatic heterocycles. The van der Waals surface area contributed by atoms with Gasteiger partial charge in [-0.25, -0.2) is 0 Å². The molecule has 82 valence electrons. The van der Waals surface area contributed by atoms with Gasteiger partial charge in [0.1, 0.15) is 8.80 Å². The summed E-state index contributed by atoms with van der Waals surface area (Å²) in [4.78, 5) is 0. The van der Waals surface area contributed by atoms with Crippen LogP contribution in [-0.4, -0.2) is 26.6 Å². The first-order chi connectivity index (χ1) is 7.42. The minimum absolute atomic E-state index is 0.457. The normalized spacial score (nSPS) is 23.7. The SMILES string of the molecule is ClC[SiH](c1ccccc1)C1CCCCO1. The van der Waals surface area contributed by atoms with Crippen molar-refractivity contribution in [2.45, 2.75) is 25.0 Å². The van der Waals surface area contributed by atoms with Crippen molar-refractivity contribution in [1.82, 2.24) is 0 Å². The Bertz CT molecular complexity index is 285. The smallest absolute Gasteiger partial charge is 0.119 e. The lowest BCUT2D eigenvalue weighted by Crippen LogP contribution is -2.47. The first-order valence-corrected chi connectivity index (χ1v) is 8.24. The van der Waals surface area contributed by atoms with Crippen LogP contribution in [0.15, 0.2) is 30.3 Å². The lowest BCUT2D eigenvalue weighted by molar-refractivity contribution is 0.0637. The number of alkyl halides is 1. The lowest BCUT2D eigenvalue weighted by atomic mass is 10.2. The van der Waals surface area contributed by atoms with Crippen LogP contribution in [0.5, 0.6) is 0 Å². The molecule has 1 saturated heterocycles. The molecule has 0 aliphatic carbocycles. The average molecular weight is 241 g/mol. The topological polar surface area (TPSA) is 9.23 Å². The van der Waals surface area contributed by atoms with Gasteiger partial charge in [-0.15, -0.1) is 11.6 Å². The molecule has 1 aliphatic rings. The number of hydrogen-bond acceptors (Lipinski definition) is 1. The van der Waals surface area contributed by atoms with E-state index in [1.165, 1.54) is 24.4 Å². The third kappa shape index (κ3) is 2.83. The van der Waals surface area contributed by atoms with E-state index in [9.17, 15) is 0 Å². The Morgan fingerprint density at radius 3 is 2.67 bits per heavy atom. The summed E-state index contributed by atoms with van der Waals surface area (Å²) >= 11 is 6.12. The minimum atomic E-state index is -1.11. The molecule has 2 atom stereocenters. The van der Waals surface area contributed by atoms with Crippen LogP contribution in [0.1, 0.15) is 19.3 Å². The van der Waals surface area contributed by atoms with Gasteiger partial charge in [0.25, 0.3) is 0 Å². The van der Waals surface area contributed by atoms with E-state index in [-0.39, 0.29) is 0 Å². The Kier molecular flexibility index (Phi) is 4.24. The van der Waals surface area contributed by atoms with Crippen molar-refractivity contribution < 1.29 is 4.74 Å². The molecule has 2 rings (SSSR count).